The van der Waals surface area contributed by atoms with Gasteiger partial charge in [0.25, 0.3) is 5.89 Å². The van der Waals surface area contributed by atoms with Crippen molar-refractivity contribution in [3.8, 4) is 40.4 Å². The quantitative estimate of drug-likeness (QED) is 0.438. The van der Waals surface area contributed by atoms with Crippen molar-refractivity contribution >= 4 is 5.69 Å². The molecule has 174 valence electrons. The van der Waals surface area contributed by atoms with Crippen LogP contribution in [0.5, 0.6) is 0 Å². The van der Waals surface area contributed by atoms with Crippen LogP contribution in [-0.2, 0) is 5.41 Å². The fourth-order valence-corrected chi connectivity index (χ4v) is 3.55. The molecule has 34 heavy (non-hydrogen) atoms. The number of pyridine rings is 1. The Morgan fingerprint density at radius 3 is 2.56 bits per heavy atom. The van der Waals surface area contributed by atoms with Gasteiger partial charge in [0.15, 0.2) is 0 Å². The SMILES string of the molecule is Cc1ncc(-c2ccnc(C(C)(C)C#N)c2)nc1-c1nnc(-c2ccc(NC3CNC3)cc2)o1.[HH].[HH]. The maximum Gasteiger partial charge on any atom is 0.268 e. The molecule has 9 nitrogen and oxygen atoms in total. The molecule has 1 fully saturated rings. The second-order valence-electron chi connectivity index (χ2n) is 8.85. The van der Waals surface area contributed by atoms with Crippen molar-refractivity contribution in [2.24, 2.45) is 0 Å². The van der Waals surface area contributed by atoms with Crippen molar-refractivity contribution in [3.63, 3.8) is 0 Å². The molecule has 0 amide bonds. The van der Waals surface area contributed by atoms with Crippen LogP contribution in [0.3, 0.4) is 0 Å². The third-order valence-corrected chi connectivity index (χ3v) is 5.84. The molecule has 1 aliphatic heterocycles. The summed E-state index contributed by atoms with van der Waals surface area (Å²) in [6.45, 7) is 7.47. The molecular formula is C25H28N8O. The Labute approximate surface area is 200 Å². The third-order valence-electron chi connectivity index (χ3n) is 5.84. The predicted molar refractivity (Wildman–Crippen MR) is 132 cm³/mol. The molecule has 1 aromatic carbocycles. The largest absolute Gasteiger partial charge is 0.415 e. The van der Waals surface area contributed by atoms with Crippen LogP contribution in [0.25, 0.3) is 34.3 Å². The van der Waals surface area contributed by atoms with Gasteiger partial charge in [0, 0.05) is 39.0 Å². The lowest BCUT2D eigenvalue weighted by Crippen LogP contribution is -2.51. The molecule has 0 radical (unpaired) electrons. The number of anilines is 1. The number of hydrogen-bond acceptors (Lipinski definition) is 9. The van der Waals surface area contributed by atoms with Crippen molar-refractivity contribution in [1.29, 1.82) is 5.26 Å². The van der Waals surface area contributed by atoms with Gasteiger partial charge in [-0.2, -0.15) is 5.26 Å². The fraction of sp³-hybridized carbons (Fsp3) is 0.280. The number of rotatable bonds is 6. The van der Waals surface area contributed by atoms with Crippen molar-refractivity contribution < 1.29 is 7.27 Å². The molecule has 5 rings (SSSR count). The van der Waals surface area contributed by atoms with Gasteiger partial charge >= 0.3 is 0 Å². The molecule has 9 heteroatoms. The molecule has 0 saturated carbocycles. The van der Waals surface area contributed by atoms with Gasteiger partial charge < -0.3 is 15.1 Å². The molecule has 0 atom stereocenters. The Morgan fingerprint density at radius 1 is 1.09 bits per heavy atom. The molecule has 0 unspecified atom stereocenters. The van der Waals surface area contributed by atoms with E-state index in [9.17, 15) is 5.26 Å². The number of aryl methyl sites for hydroxylation is 1. The summed E-state index contributed by atoms with van der Waals surface area (Å²) in [7, 11) is 0. The van der Waals surface area contributed by atoms with Gasteiger partial charge in [-0.05, 0) is 57.2 Å². The van der Waals surface area contributed by atoms with E-state index >= 15 is 0 Å². The third kappa shape index (κ3) is 4.23. The van der Waals surface area contributed by atoms with Crippen LogP contribution in [-0.4, -0.2) is 44.3 Å². The van der Waals surface area contributed by atoms with Gasteiger partial charge in [-0.15, -0.1) is 10.2 Å². The average Bonchev–Trinajstić information content (AvgIpc) is 3.32. The minimum atomic E-state index is -0.710. The lowest BCUT2D eigenvalue weighted by Gasteiger charge is -2.28. The Morgan fingerprint density at radius 2 is 1.85 bits per heavy atom. The van der Waals surface area contributed by atoms with E-state index in [0.29, 0.717) is 40.6 Å². The van der Waals surface area contributed by atoms with Crippen molar-refractivity contribution in [3.05, 3.63) is 60.2 Å². The monoisotopic (exact) mass is 456 g/mol. The first-order valence-corrected chi connectivity index (χ1v) is 11.1. The Bertz CT molecular complexity index is 1380. The lowest BCUT2D eigenvalue weighted by molar-refractivity contribution is 0.472. The summed E-state index contributed by atoms with van der Waals surface area (Å²) in [5.74, 6) is 0.719. The van der Waals surface area contributed by atoms with Crippen LogP contribution in [0, 0.1) is 18.3 Å². The van der Waals surface area contributed by atoms with Crippen LogP contribution < -0.4 is 10.6 Å². The number of nitrogens with zero attached hydrogens (tertiary/aromatic N) is 6. The van der Waals surface area contributed by atoms with E-state index in [1.165, 1.54) is 0 Å². The van der Waals surface area contributed by atoms with Crippen LogP contribution in [0.1, 0.15) is 28.1 Å². The van der Waals surface area contributed by atoms with E-state index in [2.05, 4.69) is 36.9 Å². The first-order chi connectivity index (χ1) is 16.4. The Hall–Kier alpha value is -4.16. The Balaban J connectivity index is 0.00000180. The van der Waals surface area contributed by atoms with Crippen molar-refractivity contribution in [2.45, 2.75) is 32.2 Å². The second kappa shape index (κ2) is 8.65. The fourth-order valence-electron chi connectivity index (χ4n) is 3.55. The first kappa shape index (κ1) is 21.7. The molecule has 0 aliphatic carbocycles. The summed E-state index contributed by atoms with van der Waals surface area (Å²) >= 11 is 0. The second-order valence-corrected chi connectivity index (χ2v) is 8.85. The van der Waals surface area contributed by atoms with Crippen molar-refractivity contribution in [1.82, 2.24) is 30.5 Å². The summed E-state index contributed by atoms with van der Waals surface area (Å²) in [4.78, 5) is 13.6. The Kier molecular flexibility index (Phi) is 5.51. The molecule has 1 saturated heterocycles. The molecule has 4 heterocycles. The van der Waals surface area contributed by atoms with E-state index in [1.807, 2.05) is 57.2 Å². The first-order valence-electron chi connectivity index (χ1n) is 11.1. The molecule has 3 aromatic heterocycles. The summed E-state index contributed by atoms with van der Waals surface area (Å²) in [5, 5.41) is 24.6. The van der Waals surface area contributed by atoms with Gasteiger partial charge in [-0.1, -0.05) is 0 Å². The van der Waals surface area contributed by atoms with Crippen LogP contribution in [0.4, 0.5) is 5.69 Å². The topological polar surface area (TPSA) is 125 Å². The summed E-state index contributed by atoms with van der Waals surface area (Å²) in [5.41, 5.74) is 4.49. The van der Waals surface area contributed by atoms with E-state index < -0.39 is 5.41 Å². The van der Waals surface area contributed by atoms with E-state index in [0.717, 1.165) is 29.9 Å². The number of nitriles is 1. The summed E-state index contributed by atoms with van der Waals surface area (Å²) in [6.07, 6.45) is 3.37. The zero-order valence-corrected chi connectivity index (χ0v) is 19.2. The number of hydrogen-bond donors (Lipinski definition) is 2. The summed E-state index contributed by atoms with van der Waals surface area (Å²) in [6, 6.07) is 14.4. The zero-order valence-electron chi connectivity index (χ0n) is 19.2. The number of nitrogens with one attached hydrogen (secondary N) is 2. The highest BCUT2D eigenvalue weighted by Crippen LogP contribution is 2.29. The maximum absolute atomic E-state index is 9.45. The van der Waals surface area contributed by atoms with Crippen LogP contribution in [0.15, 0.2) is 53.2 Å². The van der Waals surface area contributed by atoms with Gasteiger partial charge in [-0.3, -0.25) is 9.97 Å². The molecular weight excluding hydrogens is 428 g/mol. The van der Waals surface area contributed by atoms with Gasteiger partial charge in [0.1, 0.15) is 5.69 Å². The molecule has 0 bridgehead atoms. The van der Waals surface area contributed by atoms with E-state index in [-0.39, 0.29) is 2.85 Å². The average molecular weight is 457 g/mol. The highest BCUT2D eigenvalue weighted by atomic mass is 16.4. The highest BCUT2D eigenvalue weighted by Gasteiger charge is 2.23. The predicted octanol–water partition coefficient (Wildman–Crippen LogP) is 4.24. The van der Waals surface area contributed by atoms with Gasteiger partial charge in [0.05, 0.1) is 40.8 Å². The van der Waals surface area contributed by atoms with E-state index in [4.69, 9.17) is 9.40 Å². The smallest absolute Gasteiger partial charge is 0.268 e. The van der Waals surface area contributed by atoms with Crippen molar-refractivity contribution in [2.75, 3.05) is 18.4 Å². The van der Waals surface area contributed by atoms with Crippen LogP contribution >= 0.6 is 0 Å². The minimum absolute atomic E-state index is 0. The van der Waals surface area contributed by atoms with E-state index in [1.54, 1.807) is 12.4 Å². The van der Waals surface area contributed by atoms with Gasteiger partial charge in [-0.25, -0.2) is 4.98 Å². The van der Waals surface area contributed by atoms with Gasteiger partial charge in [0.2, 0.25) is 5.89 Å². The standard InChI is InChI=1S/C25H24N8O.2H2/c1-15-22(31-20(13-29-15)17-8-9-28-21(10-17)25(2,3)14-26)24-33-32-23(34-24)16-4-6-18(7-5-16)30-19-11-27-12-19;;/h4-10,13,19,27,30H,11-12H2,1-3H3;2*1H. The highest BCUT2D eigenvalue weighted by molar-refractivity contribution is 5.64. The minimum Gasteiger partial charge on any atom is -0.415 e. The summed E-state index contributed by atoms with van der Waals surface area (Å²) < 4.78 is 5.97. The molecule has 1 aliphatic rings. The van der Waals surface area contributed by atoms with Crippen LogP contribution in [0.2, 0.25) is 0 Å². The lowest BCUT2D eigenvalue weighted by atomic mass is 9.90. The molecule has 2 N–H and O–H groups in total. The number of benzene rings is 1. The molecule has 0 spiro atoms. The zero-order chi connectivity index (χ0) is 23.7. The number of aromatic nitrogens is 5. The maximum atomic E-state index is 9.45. The normalized spacial score (nSPS) is 13.8. The molecule has 4 aromatic rings.